The van der Waals surface area contributed by atoms with Crippen molar-refractivity contribution in [3.05, 3.63) is 23.8 Å². The fourth-order valence-electron chi connectivity index (χ4n) is 1.41. The topological polar surface area (TPSA) is 64.3 Å². The molecule has 0 aliphatic rings. The largest absolute Gasteiger partial charge is 0.479 e. The number of nitrogens with two attached hydrogens (primary N) is 1. The van der Waals surface area contributed by atoms with Gasteiger partial charge in [-0.3, -0.25) is 4.79 Å². The second kappa shape index (κ2) is 6.13. The highest BCUT2D eigenvalue weighted by atomic mass is 16.5. The molecule has 1 aromatic carbocycles. The molecule has 1 rings (SSSR count). The van der Waals surface area contributed by atoms with Gasteiger partial charge in [0.25, 0.3) is 5.91 Å². The van der Waals surface area contributed by atoms with Crippen LogP contribution >= 0.6 is 0 Å². The van der Waals surface area contributed by atoms with Crippen molar-refractivity contribution in [2.75, 3.05) is 12.3 Å². The Morgan fingerprint density at radius 1 is 1.53 bits per heavy atom. The van der Waals surface area contributed by atoms with Gasteiger partial charge in [-0.25, -0.2) is 0 Å². The molecule has 0 aliphatic heterocycles. The Balaban J connectivity index is 2.61. The molecule has 0 bridgehead atoms. The van der Waals surface area contributed by atoms with E-state index in [0.29, 0.717) is 18.0 Å². The van der Waals surface area contributed by atoms with Crippen LogP contribution in [0, 0.1) is 6.92 Å². The minimum Gasteiger partial charge on any atom is -0.479 e. The number of benzene rings is 1. The van der Waals surface area contributed by atoms with Crippen LogP contribution in [0.5, 0.6) is 5.75 Å². The Morgan fingerprint density at radius 2 is 2.24 bits per heavy atom. The quantitative estimate of drug-likeness (QED) is 0.767. The Bertz CT molecular complexity index is 391. The van der Waals surface area contributed by atoms with Gasteiger partial charge in [0.2, 0.25) is 0 Å². The van der Waals surface area contributed by atoms with Crippen LogP contribution in [0.15, 0.2) is 18.2 Å². The molecule has 0 spiro atoms. The van der Waals surface area contributed by atoms with Crippen molar-refractivity contribution >= 4 is 11.6 Å². The Kier molecular flexibility index (Phi) is 4.82. The minimum atomic E-state index is -0.536. The van der Waals surface area contributed by atoms with Gasteiger partial charge >= 0.3 is 0 Å². The number of nitrogen functional groups attached to an aromatic ring is 1. The Morgan fingerprint density at radius 3 is 2.82 bits per heavy atom. The van der Waals surface area contributed by atoms with Gasteiger partial charge in [-0.2, -0.15) is 0 Å². The van der Waals surface area contributed by atoms with E-state index < -0.39 is 6.10 Å². The molecule has 1 amide bonds. The first-order chi connectivity index (χ1) is 8.04. The molecule has 94 valence electrons. The van der Waals surface area contributed by atoms with Gasteiger partial charge in [0, 0.05) is 6.54 Å². The molecule has 4 heteroatoms. The Labute approximate surface area is 102 Å². The van der Waals surface area contributed by atoms with Crippen molar-refractivity contribution in [2.24, 2.45) is 0 Å². The number of amides is 1. The van der Waals surface area contributed by atoms with Crippen LogP contribution in [0.2, 0.25) is 0 Å². The number of carbonyl (C=O) groups is 1. The van der Waals surface area contributed by atoms with Crippen LogP contribution in [0.1, 0.15) is 25.8 Å². The van der Waals surface area contributed by atoms with Crippen molar-refractivity contribution < 1.29 is 9.53 Å². The fraction of sp³-hybridized carbons (Fsp3) is 0.462. The maximum absolute atomic E-state index is 11.6. The molecule has 0 fully saturated rings. The van der Waals surface area contributed by atoms with Gasteiger partial charge in [0.15, 0.2) is 6.10 Å². The summed E-state index contributed by atoms with van der Waals surface area (Å²) < 4.78 is 5.52. The number of aryl methyl sites for hydroxylation is 1. The van der Waals surface area contributed by atoms with Gasteiger partial charge in [-0.05, 0) is 38.0 Å². The zero-order valence-electron chi connectivity index (χ0n) is 10.6. The third-order valence-corrected chi connectivity index (χ3v) is 2.39. The number of hydrogen-bond donors (Lipinski definition) is 2. The highest BCUT2D eigenvalue weighted by Gasteiger charge is 2.14. The maximum atomic E-state index is 11.6. The first kappa shape index (κ1) is 13.4. The lowest BCUT2D eigenvalue weighted by Crippen LogP contribution is -2.36. The number of ether oxygens (including phenoxy) is 1. The average Bonchev–Trinajstić information content (AvgIpc) is 2.29. The average molecular weight is 236 g/mol. The van der Waals surface area contributed by atoms with Crippen molar-refractivity contribution in [3.63, 3.8) is 0 Å². The fourth-order valence-corrected chi connectivity index (χ4v) is 1.41. The molecule has 0 radical (unpaired) electrons. The van der Waals surface area contributed by atoms with Crippen LogP contribution in [-0.2, 0) is 4.79 Å². The normalized spacial score (nSPS) is 11.9. The maximum Gasteiger partial charge on any atom is 0.260 e. The summed E-state index contributed by atoms with van der Waals surface area (Å²) >= 11 is 0. The molecule has 1 atom stereocenters. The van der Waals surface area contributed by atoms with Crippen molar-refractivity contribution in [1.82, 2.24) is 5.32 Å². The van der Waals surface area contributed by atoms with Gasteiger partial charge < -0.3 is 15.8 Å². The second-order valence-electron chi connectivity index (χ2n) is 4.09. The number of anilines is 1. The molecular weight excluding hydrogens is 216 g/mol. The Hall–Kier alpha value is -1.71. The molecule has 0 saturated heterocycles. The summed E-state index contributed by atoms with van der Waals surface area (Å²) in [7, 11) is 0. The van der Waals surface area contributed by atoms with E-state index in [-0.39, 0.29) is 5.91 Å². The van der Waals surface area contributed by atoms with Gasteiger partial charge in [0.1, 0.15) is 5.75 Å². The molecule has 0 heterocycles. The third kappa shape index (κ3) is 3.98. The molecule has 4 nitrogen and oxygen atoms in total. The third-order valence-electron chi connectivity index (χ3n) is 2.39. The lowest BCUT2D eigenvalue weighted by molar-refractivity contribution is -0.127. The lowest BCUT2D eigenvalue weighted by atomic mass is 10.2. The number of nitrogens with one attached hydrogen (secondary N) is 1. The van der Waals surface area contributed by atoms with E-state index in [1.54, 1.807) is 13.0 Å². The number of hydrogen-bond acceptors (Lipinski definition) is 3. The summed E-state index contributed by atoms with van der Waals surface area (Å²) in [6.07, 6.45) is 0.372. The summed E-state index contributed by atoms with van der Waals surface area (Å²) in [6, 6.07) is 5.52. The van der Waals surface area contributed by atoms with E-state index in [4.69, 9.17) is 10.5 Å². The first-order valence-electron chi connectivity index (χ1n) is 5.85. The molecule has 1 unspecified atom stereocenters. The summed E-state index contributed by atoms with van der Waals surface area (Å²) in [6.45, 7) is 6.33. The molecule has 0 aromatic heterocycles. The molecule has 0 saturated carbocycles. The first-order valence-corrected chi connectivity index (χ1v) is 5.85. The zero-order chi connectivity index (χ0) is 12.8. The van der Waals surface area contributed by atoms with Gasteiger partial charge in [-0.1, -0.05) is 13.0 Å². The smallest absolute Gasteiger partial charge is 0.260 e. The van der Waals surface area contributed by atoms with E-state index in [2.05, 4.69) is 5.32 Å². The van der Waals surface area contributed by atoms with Crippen LogP contribution in [0.3, 0.4) is 0 Å². The minimum absolute atomic E-state index is 0.119. The van der Waals surface area contributed by atoms with Crippen molar-refractivity contribution in [3.8, 4) is 5.75 Å². The molecular formula is C13H20N2O2. The SMILES string of the molecule is CCCNC(=O)C(C)Oc1ccc(C)cc1N. The van der Waals surface area contributed by atoms with Crippen LogP contribution in [0.4, 0.5) is 5.69 Å². The zero-order valence-corrected chi connectivity index (χ0v) is 10.6. The molecule has 1 aromatic rings. The molecule has 3 N–H and O–H groups in total. The van der Waals surface area contributed by atoms with Crippen molar-refractivity contribution in [1.29, 1.82) is 0 Å². The standard InChI is InChI=1S/C13H20N2O2/c1-4-7-15-13(16)10(3)17-12-6-5-9(2)8-11(12)14/h5-6,8,10H,4,7,14H2,1-3H3,(H,15,16). The summed E-state index contributed by atoms with van der Waals surface area (Å²) in [5, 5.41) is 2.78. The highest BCUT2D eigenvalue weighted by molar-refractivity contribution is 5.80. The van der Waals surface area contributed by atoms with E-state index in [0.717, 1.165) is 12.0 Å². The summed E-state index contributed by atoms with van der Waals surface area (Å²) in [4.78, 5) is 11.6. The van der Waals surface area contributed by atoms with E-state index in [1.165, 1.54) is 0 Å². The lowest BCUT2D eigenvalue weighted by Gasteiger charge is -2.16. The van der Waals surface area contributed by atoms with E-state index >= 15 is 0 Å². The summed E-state index contributed by atoms with van der Waals surface area (Å²) in [5.74, 6) is 0.432. The monoisotopic (exact) mass is 236 g/mol. The van der Waals surface area contributed by atoms with Crippen LogP contribution in [0.25, 0.3) is 0 Å². The van der Waals surface area contributed by atoms with Crippen LogP contribution < -0.4 is 15.8 Å². The number of carbonyl (C=O) groups excluding carboxylic acids is 1. The highest BCUT2D eigenvalue weighted by Crippen LogP contribution is 2.23. The van der Waals surface area contributed by atoms with E-state index in [9.17, 15) is 4.79 Å². The number of rotatable bonds is 5. The summed E-state index contributed by atoms with van der Waals surface area (Å²) in [5.41, 5.74) is 7.44. The van der Waals surface area contributed by atoms with E-state index in [1.807, 2.05) is 26.0 Å². The predicted molar refractivity (Wildman–Crippen MR) is 69.0 cm³/mol. The van der Waals surface area contributed by atoms with Crippen molar-refractivity contribution in [2.45, 2.75) is 33.3 Å². The molecule has 17 heavy (non-hydrogen) atoms. The van der Waals surface area contributed by atoms with Gasteiger partial charge in [-0.15, -0.1) is 0 Å². The predicted octanol–water partition coefficient (Wildman–Crippen LogP) is 1.87. The molecule has 0 aliphatic carbocycles. The van der Waals surface area contributed by atoms with Gasteiger partial charge in [0.05, 0.1) is 5.69 Å². The van der Waals surface area contributed by atoms with Crippen LogP contribution in [-0.4, -0.2) is 18.6 Å². The second-order valence-corrected chi connectivity index (χ2v) is 4.09.